The first-order valence-electron chi connectivity index (χ1n) is 13.8. The second-order valence-corrected chi connectivity index (χ2v) is 11.4. The quantitative estimate of drug-likeness (QED) is 0.151. The average Bonchev–Trinajstić information content (AvgIpc) is 3.04. The lowest BCUT2D eigenvalue weighted by Gasteiger charge is -2.19. The SMILES string of the molecule is c1ccc2cc([O][Al]([O]c3cccc4ccc5cccnc5c34)[O]c3cccc4ccc5cccnc5c34)ccc2c1. The Balaban J connectivity index is 1.27. The number of fused-ring (bicyclic) bond motifs is 7. The maximum atomic E-state index is 6.75. The summed E-state index contributed by atoms with van der Waals surface area (Å²) < 4.78 is 20.1. The van der Waals surface area contributed by atoms with Crippen molar-refractivity contribution in [2.24, 2.45) is 0 Å². The van der Waals surface area contributed by atoms with Crippen molar-refractivity contribution < 1.29 is 11.4 Å². The first-order valence-corrected chi connectivity index (χ1v) is 15.2. The minimum absolute atomic E-state index is 0.678. The zero-order valence-electron chi connectivity index (χ0n) is 22.5. The summed E-state index contributed by atoms with van der Waals surface area (Å²) in [5.41, 5.74) is 1.76. The third-order valence-electron chi connectivity index (χ3n) is 7.55. The Morgan fingerprint density at radius 2 is 0.905 bits per heavy atom. The number of pyridine rings is 2. The summed E-state index contributed by atoms with van der Waals surface area (Å²) in [7, 11) is 0. The molecule has 0 spiro atoms. The number of hydrogen-bond acceptors (Lipinski definition) is 5. The van der Waals surface area contributed by atoms with Crippen LogP contribution in [-0.2, 0) is 0 Å². The highest BCUT2D eigenvalue weighted by Gasteiger charge is 2.45. The summed E-state index contributed by atoms with van der Waals surface area (Å²) in [6, 6.07) is 42.7. The molecule has 0 aliphatic heterocycles. The lowest BCUT2D eigenvalue weighted by Crippen LogP contribution is -2.37. The molecule has 0 bridgehead atoms. The highest BCUT2D eigenvalue weighted by molar-refractivity contribution is 6.40. The van der Waals surface area contributed by atoms with Gasteiger partial charge in [-0.3, -0.25) is 9.97 Å². The van der Waals surface area contributed by atoms with Crippen molar-refractivity contribution in [3.05, 3.63) is 140 Å². The van der Waals surface area contributed by atoms with Gasteiger partial charge >= 0.3 is 15.1 Å². The van der Waals surface area contributed by atoms with Crippen LogP contribution in [0.15, 0.2) is 140 Å². The molecule has 42 heavy (non-hydrogen) atoms. The fourth-order valence-electron chi connectivity index (χ4n) is 5.59. The van der Waals surface area contributed by atoms with E-state index in [0.29, 0.717) is 17.2 Å². The Kier molecular flexibility index (Phi) is 6.07. The van der Waals surface area contributed by atoms with Gasteiger partial charge in [0.1, 0.15) is 0 Å². The van der Waals surface area contributed by atoms with Crippen molar-refractivity contribution in [2.45, 2.75) is 0 Å². The van der Waals surface area contributed by atoms with E-state index < -0.39 is 15.1 Å². The molecule has 2 aromatic heterocycles. The molecule has 0 N–H and O–H groups in total. The van der Waals surface area contributed by atoms with Crippen molar-refractivity contribution in [1.82, 2.24) is 9.97 Å². The molecule has 0 saturated heterocycles. The third kappa shape index (κ3) is 4.44. The summed E-state index contributed by atoms with van der Waals surface area (Å²) in [4.78, 5) is 9.40. The van der Waals surface area contributed by atoms with Crippen LogP contribution in [0.5, 0.6) is 17.2 Å². The number of hydrogen-bond donors (Lipinski definition) is 0. The summed E-state index contributed by atoms with van der Waals surface area (Å²) in [6.45, 7) is 0. The van der Waals surface area contributed by atoms with Gasteiger partial charge in [0.15, 0.2) is 0 Å². The zero-order chi connectivity index (χ0) is 27.9. The molecule has 8 rings (SSSR count). The molecule has 0 radical (unpaired) electrons. The number of nitrogens with zero attached hydrogens (tertiary/aromatic N) is 2. The van der Waals surface area contributed by atoms with Gasteiger partial charge in [-0.2, -0.15) is 0 Å². The summed E-state index contributed by atoms with van der Waals surface area (Å²) in [6.07, 6.45) is 3.62. The summed E-state index contributed by atoms with van der Waals surface area (Å²) in [5.74, 6) is 2.05. The standard InChI is InChI=1S/2C13H9NO.C10H8O.Al/c2*15-11-5-1-3-9-6-7-10-4-2-8-14-13(10)12(9)11;11-10-6-5-8-3-1-2-4-9(8)7-10;/h2*1-8,15H;1-7,11H;/q;;;+3/p-3. The molecule has 2 heterocycles. The van der Waals surface area contributed by atoms with Gasteiger partial charge < -0.3 is 11.4 Å². The second-order valence-electron chi connectivity index (χ2n) is 10.1. The fourth-order valence-corrected chi connectivity index (χ4v) is 6.91. The van der Waals surface area contributed by atoms with Crippen molar-refractivity contribution in [1.29, 1.82) is 0 Å². The predicted molar refractivity (Wildman–Crippen MR) is 170 cm³/mol. The summed E-state index contributed by atoms with van der Waals surface area (Å²) >= 11 is -2.93. The van der Waals surface area contributed by atoms with Crippen LogP contribution in [0.25, 0.3) is 54.1 Å². The van der Waals surface area contributed by atoms with E-state index in [2.05, 4.69) is 66.7 Å². The highest BCUT2D eigenvalue weighted by Crippen LogP contribution is 2.35. The Morgan fingerprint density at radius 3 is 1.52 bits per heavy atom. The van der Waals surface area contributed by atoms with E-state index >= 15 is 0 Å². The molecule has 6 aromatic carbocycles. The van der Waals surface area contributed by atoms with Crippen molar-refractivity contribution in [2.75, 3.05) is 0 Å². The lowest BCUT2D eigenvalue weighted by molar-refractivity contribution is 0.310. The van der Waals surface area contributed by atoms with Gasteiger partial charge in [0.25, 0.3) is 0 Å². The molecule has 0 aliphatic rings. The molecular formula is C36H23AlN2O3. The van der Waals surface area contributed by atoms with Crippen LogP contribution in [-0.4, -0.2) is 25.1 Å². The van der Waals surface area contributed by atoms with Gasteiger partial charge in [-0.25, -0.2) is 0 Å². The van der Waals surface area contributed by atoms with Gasteiger partial charge in [0.2, 0.25) is 0 Å². The smallest absolute Gasteiger partial charge is 0.577 e. The molecule has 0 fully saturated rings. The zero-order valence-corrected chi connectivity index (χ0v) is 23.6. The van der Waals surface area contributed by atoms with Crippen LogP contribution >= 0.6 is 0 Å². The van der Waals surface area contributed by atoms with Gasteiger partial charge in [-0.15, -0.1) is 0 Å². The van der Waals surface area contributed by atoms with Crippen molar-refractivity contribution >= 4 is 69.3 Å². The molecule has 0 saturated carbocycles. The van der Waals surface area contributed by atoms with Crippen LogP contribution in [0.3, 0.4) is 0 Å². The monoisotopic (exact) mass is 558 g/mol. The average molecular weight is 559 g/mol. The van der Waals surface area contributed by atoms with E-state index in [1.807, 2.05) is 73.1 Å². The minimum atomic E-state index is -2.93. The van der Waals surface area contributed by atoms with E-state index in [0.717, 1.165) is 54.1 Å². The van der Waals surface area contributed by atoms with E-state index in [-0.39, 0.29) is 0 Å². The molecule has 198 valence electrons. The van der Waals surface area contributed by atoms with Gasteiger partial charge in [0, 0.05) is 33.9 Å². The van der Waals surface area contributed by atoms with Crippen molar-refractivity contribution in [3.63, 3.8) is 0 Å². The highest BCUT2D eigenvalue weighted by atomic mass is 27.3. The molecule has 0 atom stereocenters. The van der Waals surface area contributed by atoms with E-state index in [9.17, 15) is 0 Å². The first kappa shape index (κ1) is 24.6. The number of aromatic nitrogens is 2. The van der Waals surface area contributed by atoms with Crippen LogP contribution in [0.4, 0.5) is 0 Å². The molecule has 8 aromatic rings. The van der Waals surface area contributed by atoms with Crippen LogP contribution in [0, 0.1) is 0 Å². The molecule has 5 nitrogen and oxygen atoms in total. The van der Waals surface area contributed by atoms with E-state index in [1.54, 1.807) is 0 Å². The third-order valence-corrected chi connectivity index (χ3v) is 8.91. The second kappa shape index (κ2) is 10.4. The van der Waals surface area contributed by atoms with Gasteiger partial charge in [0.05, 0.1) is 28.3 Å². The molecule has 6 heteroatoms. The molecular weight excluding hydrogens is 535 g/mol. The van der Waals surface area contributed by atoms with Crippen molar-refractivity contribution in [3.8, 4) is 17.2 Å². The molecule has 0 aliphatic carbocycles. The topological polar surface area (TPSA) is 53.5 Å². The predicted octanol–water partition coefficient (Wildman–Crippen LogP) is 8.76. The molecule has 0 unspecified atom stereocenters. The summed E-state index contributed by atoms with van der Waals surface area (Å²) in [5, 5.41) is 8.26. The Labute approximate surface area is 246 Å². The Hall–Kier alpha value is -5.15. The fraction of sp³-hybridized carbons (Fsp3) is 0. The molecule has 0 amide bonds. The maximum absolute atomic E-state index is 6.75. The van der Waals surface area contributed by atoms with Crippen LogP contribution < -0.4 is 11.4 Å². The van der Waals surface area contributed by atoms with Crippen LogP contribution in [0.1, 0.15) is 0 Å². The van der Waals surface area contributed by atoms with Gasteiger partial charge in [-0.1, -0.05) is 91.0 Å². The Morgan fingerprint density at radius 1 is 0.405 bits per heavy atom. The maximum Gasteiger partial charge on any atom is 1.20 e. The normalized spacial score (nSPS) is 11.3. The van der Waals surface area contributed by atoms with Gasteiger partial charge in [-0.05, 0) is 57.9 Å². The number of benzene rings is 6. The van der Waals surface area contributed by atoms with E-state index in [4.69, 9.17) is 21.3 Å². The minimum Gasteiger partial charge on any atom is -0.577 e. The Bertz CT molecular complexity index is 2150. The number of rotatable bonds is 6. The lowest BCUT2D eigenvalue weighted by atomic mass is 10.1. The van der Waals surface area contributed by atoms with Crippen LogP contribution in [0.2, 0.25) is 0 Å². The first-order chi connectivity index (χ1) is 20.8. The van der Waals surface area contributed by atoms with E-state index in [1.165, 1.54) is 0 Å². The largest absolute Gasteiger partial charge is 1.20 e.